The SMILES string of the molecule is FC(F)(F)Oc1cn2ccncc2n1. The van der Waals surface area contributed by atoms with Crippen molar-refractivity contribution in [3.05, 3.63) is 24.8 Å². The molecule has 0 aromatic carbocycles. The number of alkyl halides is 3. The first-order chi connectivity index (χ1) is 6.54. The molecule has 0 saturated carbocycles. The lowest BCUT2D eigenvalue weighted by Gasteiger charge is -2.03. The zero-order valence-corrected chi connectivity index (χ0v) is 6.69. The molecule has 0 N–H and O–H groups in total. The molecule has 0 amide bonds. The van der Waals surface area contributed by atoms with E-state index in [1.807, 2.05) is 0 Å². The summed E-state index contributed by atoms with van der Waals surface area (Å²) in [4.78, 5) is 7.26. The van der Waals surface area contributed by atoms with Crippen LogP contribution in [0.5, 0.6) is 5.88 Å². The van der Waals surface area contributed by atoms with E-state index in [4.69, 9.17) is 0 Å². The molecule has 74 valence electrons. The average Bonchev–Trinajstić information content (AvgIpc) is 2.42. The lowest BCUT2D eigenvalue weighted by atomic mass is 10.7. The van der Waals surface area contributed by atoms with Gasteiger partial charge in [0.25, 0.3) is 0 Å². The van der Waals surface area contributed by atoms with Crippen molar-refractivity contribution in [1.82, 2.24) is 14.4 Å². The highest BCUT2D eigenvalue weighted by molar-refractivity contribution is 5.38. The molecule has 7 heteroatoms. The number of aromatic nitrogens is 3. The summed E-state index contributed by atoms with van der Waals surface area (Å²) in [6.07, 6.45) is 0.663. The van der Waals surface area contributed by atoms with Gasteiger partial charge in [0, 0.05) is 12.4 Å². The van der Waals surface area contributed by atoms with Crippen LogP contribution < -0.4 is 4.74 Å². The maximum atomic E-state index is 11.8. The highest BCUT2D eigenvalue weighted by atomic mass is 19.4. The zero-order chi connectivity index (χ0) is 10.2. The Morgan fingerprint density at radius 1 is 1.36 bits per heavy atom. The Labute approximate surface area is 76.0 Å². The molecule has 2 aromatic heterocycles. The fourth-order valence-electron chi connectivity index (χ4n) is 0.987. The number of hydrogen-bond donors (Lipinski definition) is 0. The van der Waals surface area contributed by atoms with Crippen LogP contribution in [-0.2, 0) is 0 Å². The van der Waals surface area contributed by atoms with E-state index in [0.717, 1.165) is 6.20 Å². The van der Waals surface area contributed by atoms with E-state index in [1.165, 1.54) is 23.0 Å². The van der Waals surface area contributed by atoms with E-state index < -0.39 is 12.2 Å². The third kappa shape index (κ3) is 1.76. The van der Waals surface area contributed by atoms with Gasteiger partial charge < -0.3 is 9.14 Å². The Morgan fingerprint density at radius 3 is 2.79 bits per heavy atom. The van der Waals surface area contributed by atoms with Crippen molar-refractivity contribution in [3.8, 4) is 5.88 Å². The maximum absolute atomic E-state index is 11.8. The van der Waals surface area contributed by atoms with Gasteiger partial charge in [0.05, 0.1) is 12.4 Å². The fourth-order valence-corrected chi connectivity index (χ4v) is 0.987. The standard InChI is InChI=1S/C7H4F3N3O/c8-7(9,10)14-6-4-13-2-1-11-3-5(13)12-6/h1-4H. The van der Waals surface area contributed by atoms with Gasteiger partial charge in [-0.1, -0.05) is 0 Å². The number of imidazole rings is 1. The van der Waals surface area contributed by atoms with E-state index in [9.17, 15) is 13.2 Å². The van der Waals surface area contributed by atoms with Crippen molar-refractivity contribution >= 4 is 5.65 Å². The molecule has 0 unspecified atom stereocenters. The van der Waals surface area contributed by atoms with Crippen molar-refractivity contribution in [2.75, 3.05) is 0 Å². The number of ether oxygens (including phenoxy) is 1. The zero-order valence-electron chi connectivity index (χ0n) is 6.69. The molecule has 2 aromatic rings. The summed E-state index contributed by atoms with van der Waals surface area (Å²) in [6, 6.07) is 0. The molecule has 2 rings (SSSR count). The Morgan fingerprint density at radius 2 is 2.14 bits per heavy atom. The number of fused-ring (bicyclic) bond motifs is 1. The van der Waals surface area contributed by atoms with Crippen LogP contribution in [0.2, 0.25) is 0 Å². The molecule has 0 aliphatic rings. The van der Waals surface area contributed by atoms with Crippen molar-refractivity contribution in [1.29, 1.82) is 0 Å². The summed E-state index contributed by atoms with van der Waals surface area (Å²) in [5.74, 6) is -0.495. The molecular formula is C7H4F3N3O. The third-order valence-electron chi connectivity index (χ3n) is 1.46. The second-order valence-electron chi connectivity index (χ2n) is 2.47. The lowest BCUT2D eigenvalue weighted by molar-refractivity contribution is -0.276. The van der Waals surface area contributed by atoms with Crippen LogP contribution in [0.25, 0.3) is 5.65 Å². The Hall–Kier alpha value is -1.79. The molecule has 0 radical (unpaired) electrons. The maximum Gasteiger partial charge on any atom is 0.574 e. The van der Waals surface area contributed by atoms with Gasteiger partial charge in [0.2, 0.25) is 5.88 Å². The topological polar surface area (TPSA) is 39.4 Å². The summed E-state index contributed by atoms with van der Waals surface area (Å²) < 4.78 is 40.4. The van der Waals surface area contributed by atoms with Gasteiger partial charge in [-0.2, -0.15) is 4.98 Å². The van der Waals surface area contributed by atoms with E-state index in [0.29, 0.717) is 5.65 Å². The van der Waals surface area contributed by atoms with E-state index in [2.05, 4.69) is 14.7 Å². The smallest absolute Gasteiger partial charge is 0.386 e. The normalized spacial score (nSPS) is 11.9. The first-order valence-corrected chi connectivity index (χ1v) is 3.59. The Kier molecular flexibility index (Phi) is 1.80. The number of nitrogens with zero attached hydrogens (tertiary/aromatic N) is 3. The summed E-state index contributed by atoms with van der Waals surface area (Å²) in [5, 5.41) is 0. The van der Waals surface area contributed by atoms with Crippen molar-refractivity contribution in [2.24, 2.45) is 0 Å². The van der Waals surface area contributed by atoms with Gasteiger partial charge in [0.1, 0.15) is 0 Å². The van der Waals surface area contributed by atoms with Crippen molar-refractivity contribution in [3.63, 3.8) is 0 Å². The van der Waals surface area contributed by atoms with Crippen LogP contribution in [0.4, 0.5) is 13.2 Å². The minimum Gasteiger partial charge on any atom is -0.386 e. The van der Waals surface area contributed by atoms with E-state index >= 15 is 0 Å². The highest BCUT2D eigenvalue weighted by Gasteiger charge is 2.32. The first-order valence-electron chi connectivity index (χ1n) is 3.59. The molecular weight excluding hydrogens is 199 g/mol. The Balaban J connectivity index is 2.36. The van der Waals surface area contributed by atoms with Crippen LogP contribution in [0.1, 0.15) is 0 Å². The molecule has 0 atom stereocenters. The molecule has 0 bridgehead atoms. The summed E-state index contributed by atoms with van der Waals surface area (Å²) >= 11 is 0. The molecule has 0 aliphatic heterocycles. The van der Waals surface area contributed by atoms with Gasteiger partial charge in [-0.15, -0.1) is 13.2 Å². The summed E-state index contributed by atoms with van der Waals surface area (Å²) in [6.45, 7) is 0. The van der Waals surface area contributed by atoms with Gasteiger partial charge in [0.15, 0.2) is 5.65 Å². The highest BCUT2D eigenvalue weighted by Crippen LogP contribution is 2.21. The lowest BCUT2D eigenvalue weighted by Crippen LogP contribution is -2.17. The molecule has 0 spiro atoms. The fraction of sp³-hybridized carbons (Fsp3) is 0.143. The number of rotatable bonds is 1. The van der Waals surface area contributed by atoms with Crippen molar-refractivity contribution in [2.45, 2.75) is 6.36 Å². The predicted molar refractivity (Wildman–Crippen MR) is 39.7 cm³/mol. The van der Waals surface area contributed by atoms with Gasteiger partial charge in [-0.25, -0.2) is 0 Å². The Bertz CT molecular complexity index is 418. The van der Waals surface area contributed by atoms with E-state index in [1.54, 1.807) is 0 Å². The van der Waals surface area contributed by atoms with Crippen LogP contribution in [0, 0.1) is 0 Å². The van der Waals surface area contributed by atoms with Gasteiger partial charge in [-0.3, -0.25) is 4.98 Å². The quantitative estimate of drug-likeness (QED) is 0.707. The summed E-state index contributed by atoms with van der Waals surface area (Å²) in [7, 11) is 0. The molecule has 0 saturated heterocycles. The van der Waals surface area contributed by atoms with Gasteiger partial charge in [-0.05, 0) is 0 Å². The first kappa shape index (κ1) is 8.79. The number of hydrogen-bond acceptors (Lipinski definition) is 3. The average molecular weight is 203 g/mol. The number of halogens is 3. The van der Waals surface area contributed by atoms with Crippen molar-refractivity contribution < 1.29 is 17.9 Å². The second-order valence-corrected chi connectivity index (χ2v) is 2.47. The second kappa shape index (κ2) is 2.86. The van der Waals surface area contributed by atoms with Gasteiger partial charge >= 0.3 is 6.36 Å². The van der Waals surface area contributed by atoms with Crippen LogP contribution in [0.15, 0.2) is 24.8 Å². The largest absolute Gasteiger partial charge is 0.574 e. The monoisotopic (exact) mass is 203 g/mol. The van der Waals surface area contributed by atoms with Crippen LogP contribution >= 0.6 is 0 Å². The molecule has 4 nitrogen and oxygen atoms in total. The summed E-state index contributed by atoms with van der Waals surface area (Å²) in [5.41, 5.74) is 0.298. The molecule has 0 aliphatic carbocycles. The van der Waals surface area contributed by atoms with E-state index in [-0.39, 0.29) is 0 Å². The van der Waals surface area contributed by atoms with Crippen LogP contribution in [-0.4, -0.2) is 20.7 Å². The minimum absolute atomic E-state index is 0.298. The molecule has 0 fully saturated rings. The molecule has 2 heterocycles. The van der Waals surface area contributed by atoms with Crippen LogP contribution in [0.3, 0.4) is 0 Å². The minimum atomic E-state index is -4.72. The predicted octanol–water partition coefficient (Wildman–Crippen LogP) is 1.63. The third-order valence-corrected chi connectivity index (χ3v) is 1.46. The molecule has 14 heavy (non-hydrogen) atoms.